The van der Waals surface area contributed by atoms with E-state index in [2.05, 4.69) is 0 Å². The van der Waals surface area contributed by atoms with Gasteiger partial charge in [0.25, 0.3) is 5.91 Å². The number of imide groups is 1. The van der Waals surface area contributed by atoms with Crippen molar-refractivity contribution >= 4 is 11.9 Å². The summed E-state index contributed by atoms with van der Waals surface area (Å²) in [6.07, 6.45) is 0. The van der Waals surface area contributed by atoms with Crippen LogP contribution in [0.15, 0.2) is 24.3 Å². The number of amides is 3. The molecule has 0 bridgehead atoms. The normalized spacial score (nSPS) is 23.4. The Labute approximate surface area is 115 Å². The van der Waals surface area contributed by atoms with Crippen LogP contribution in [0.4, 0.5) is 9.18 Å². The number of hydroxylamine groups is 4. The molecule has 0 radical (unpaired) electrons. The van der Waals surface area contributed by atoms with E-state index in [9.17, 15) is 14.0 Å². The standard InChI is InChI=1S/C13H15FN2O4/c1-4-19-16-11(17)13(2,20-15(3)12(16)18)9-5-7-10(14)8-6-9/h5-8H,4H2,1-3H3. The maximum atomic E-state index is 13.0. The van der Waals surface area contributed by atoms with Crippen LogP contribution in [-0.2, 0) is 20.1 Å². The highest BCUT2D eigenvalue weighted by atomic mass is 19.1. The molecule has 0 aromatic heterocycles. The Morgan fingerprint density at radius 2 is 1.90 bits per heavy atom. The lowest BCUT2D eigenvalue weighted by molar-refractivity contribution is -0.267. The molecule has 1 atom stereocenters. The average molecular weight is 282 g/mol. The minimum absolute atomic E-state index is 0.158. The fourth-order valence-corrected chi connectivity index (χ4v) is 1.95. The molecule has 1 aromatic carbocycles. The first-order valence-electron chi connectivity index (χ1n) is 6.10. The summed E-state index contributed by atoms with van der Waals surface area (Å²) in [5, 5.41) is 1.58. The number of urea groups is 1. The van der Waals surface area contributed by atoms with Crippen LogP contribution in [0.5, 0.6) is 0 Å². The third-order valence-corrected chi connectivity index (χ3v) is 3.01. The van der Waals surface area contributed by atoms with Gasteiger partial charge in [0.15, 0.2) is 5.60 Å². The highest BCUT2D eigenvalue weighted by Crippen LogP contribution is 2.33. The van der Waals surface area contributed by atoms with E-state index >= 15 is 0 Å². The first kappa shape index (κ1) is 14.4. The van der Waals surface area contributed by atoms with Crippen molar-refractivity contribution in [2.45, 2.75) is 19.4 Å². The zero-order valence-electron chi connectivity index (χ0n) is 11.4. The van der Waals surface area contributed by atoms with E-state index in [1.807, 2.05) is 0 Å². The van der Waals surface area contributed by atoms with Gasteiger partial charge in [0, 0.05) is 7.05 Å². The highest BCUT2D eigenvalue weighted by molar-refractivity contribution is 5.99. The monoisotopic (exact) mass is 282 g/mol. The highest BCUT2D eigenvalue weighted by Gasteiger charge is 2.50. The van der Waals surface area contributed by atoms with Crippen LogP contribution in [0.2, 0.25) is 0 Å². The summed E-state index contributed by atoms with van der Waals surface area (Å²) in [7, 11) is 1.38. The van der Waals surface area contributed by atoms with Crippen LogP contribution < -0.4 is 0 Å². The maximum absolute atomic E-state index is 13.0. The van der Waals surface area contributed by atoms with Crippen LogP contribution in [0.1, 0.15) is 19.4 Å². The summed E-state index contributed by atoms with van der Waals surface area (Å²) in [6, 6.07) is 4.59. The molecule has 1 aromatic rings. The Balaban J connectivity index is 2.41. The fraction of sp³-hybridized carbons (Fsp3) is 0.385. The van der Waals surface area contributed by atoms with Crippen molar-refractivity contribution < 1.29 is 23.7 Å². The number of carbonyl (C=O) groups excluding carboxylic acids is 2. The molecule has 2 rings (SSSR count). The lowest BCUT2D eigenvalue weighted by Crippen LogP contribution is -2.60. The molecule has 0 spiro atoms. The predicted octanol–water partition coefficient (Wildman–Crippen LogP) is 1.82. The molecular weight excluding hydrogens is 267 g/mol. The second kappa shape index (κ2) is 5.18. The molecule has 20 heavy (non-hydrogen) atoms. The Bertz CT molecular complexity index is 534. The summed E-state index contributed by atoms with van der Waals surface area (Å²) in [4.78, 5) is 34.7. The van der Waals surface area contributed by atoms with E-state index in [1.54, 1.807) is 6.92 Å². The van der Waals surface area contributed by atoms with E-state index in [-0.39, 0.29) is 6.61 Å². The van der Waals surface area contributed by atoms with Crippen LogP contribution in [0.3, 0.4) is 0 Å². The minimum atomic E-state index is -1.45. The van der Waals surface area contributed by atoms with E-state index in [1.165, 1.54) is 38.2 Å². The molecule has 1 aliphatic heterocycles. The van der Waals surface area contributed by atoms with Gasteiger partial charge in [-0.15, -0.1) is 5.06 Å². The second-order valence-electron chi connectivity index (χ2n) is 4.43. The van der Waals surface area contributed by atoms with Gasteiger partial charge in [-0.1, -0.05) is 12.1 Å². The van der Waals surface area contributed by atoms with Crippen molar-refractivity contribution in [3.8, 4) is 0 Å². The van der Waals surface area contributed by atoms with Gasteiger partial charge in [-0.2, -0.15) is 0 Å². The maximum Gasteiger partial charge on any atom is 0.375 e. The van der Waals surface area contributed by atoms with Gasteiger partial charge in [0.2, 0.25) is 0 Å². The Kier molecular flexibility index (Phi) is 3.74. The molecule has 1 unspecified atom stereocenters. The van der Waals surface area contributed by atoms with Crippen molar-refractivity contribution in [1.82, 2.24) is 10.1 Å². The molecule has 7 heteroatoms. The lowest BCUT2D eigenvalue weighted by atomic mass is 9.94. The van der Waals surface area contributed by atoms with Crippen LogP contribution in [0, 0.1) is 5.82 Å². The first-order valence-corrected chi connectivity index (χ1v) is 6.10. The second-order valence-corrected chi connectivity index (χ2v) is 4.43. The van der Waals surface area contributed by atoms with Gasteiger partial charge in [0.1, 0.15) is 5.82 Å². The first-order chi connectivity index (χ1) is 9.40. The van der Waals surface area contributed by atoms with Crippen molar-refractivity contribution in [2.75, 3.05) is 13.7 Å². The Morgan fingerprint density at radius 1 is 1.30 bits per heavy atom. The molecule has 6 nitrogen and oxygen atoms in total. The van der Waals surface area contributed by atoms with Crippen molar-refractivity contribution in [2.24, 2.45) is 0 Å². The number of carbonyl (C=O) groups is 2. The zero-order chi connectivity index (χ0) is 14.9. The quantitative estimate of drug-likeness (QED) is 0.848. The fourth-order valence-electron chi connectivity index (χ4n) is 1.95. The number of halogens is 1. The molecule has 1 heterocycles. The van der Waals surface area contributed by atoms with Crippen LogP contribution >= 0.6 is 0 Å². The van der Waals surface area contributed by atoms with Crippen molar-refractivity contribution in [3.05, 3.63) is 35.6 Å². The average Bonchev–Trinajstić information content (AvgIpc) is 2.42. The SMILES string of the molecule is CCON1C(=O)N(C)OC(C)(c2ccc(F)cc2)C1=O. The molecule has 0 N–H and O–H groups in total. The smallest absolute Gasteiger partial charge is 0.268 e. The van der Waals surface area contributed by atoms with E-state index in [0.29, 0.717) is 10.6 Å². The summed E-state index contributed by atoms with van der Waals surface area (Å²) in [6.45, 7) is 3.31. The molecule has 1 saturated heterocycles. The largest absolute Gasteiger partial charge is 0.375 e. The summed E-state index contributed by atoms with van der Waals surface area (Å²) >= 11 is 0. The number of hydrogen-bond acceptors (Lipinski definition) is 4. The lowest BCUT2D eigenvalue weighted by Gasteiger charge is -2.40. The number of hydrogen-bond donors (Lipinski definition) is 0. The van der Waals surface area contributed by atoms with Crippen LogP contribution in [-0.4, -0.2) is 35.7 Å². The molecule has 0 saturated carbocycles. The third-order valence-electron chi connectivity index (χ3n) is 3.01. The summed E-state index contributed by atoms with van der Waals surface area (Å²) in [5.74, 6) is -1.08. The summed E-state index contributed by atoms with van der Waals surface area (Å²) < 4.78 is 13.0. The molecule has 3 amide bonds. The topological polar surface area (TPSA) is 59.1 Å². The molecule has 1 fully saturated rings. The number of nitrogens with zero attached hydrogens (tertiary/aromatic N) is 2. The van der Waals surface area contributed by atoms with E-state index < -0.39 is 23.4 Å². The Morgan fingerprint density at radius 3 is 2.45 bits per heavy atom. The van der Waals surface area contributed by atoms with E-state index in [0.717, 1.165) is 5.06 Å². The van der Waals surface area contributed by atoms with Gasteiger partial charge >= 0.3 is 6.03 Å². The zero-order valence-corrected chi connectivity index (χ0v) is 11.4. The van der Waals surface area contributed by atoms with Crippen molar-refractivity contribution in [3.63, 3.8) is 0 Å². The minimum Gasteiger partial charge on any atom is -0.268 e. The molecule has 108 valence electrons. The molecule has 1 aliphatic rings. The summed E-state index contributed by atoms with van der Waals surface area (Å²) in [5.41, 5.74) is -1.03. The van der Waals surface area contributed by atoms with Gasteiger partial charge in [0.05, 0.1) is 6.61 Å². The molecular formula is C13H15FN2O4. The van der Waals surface area contributed by atoms with Crippen molar-refractivity contribution in [1.29, 1.82) is 0 Å². The number of benzene rings is 1. The molecule has 0 aliphatic carbocycles. The predicted molar refractivity (Wildman–Crippen MR) is 66.5 cm³/mol. The number of rotatable bonds is 3. The van der Waals surface area contributed by atoms with Gasteiger partial charge < -0.3 is 0 Å². The van der Waals surface area contributed by atoms with Gasteiger partial charge in [-0.25, -0.2) is 19.1 Å². The van der Waals surface area contributed by atoms with E-state index in [4.69, 9.17) is 9.68 Å². The van der Waals surface area contributed by atoms with Gasteiger partial charge in [-0.05, 0) is 31.5 Å². The van der Waals surface area contributed by atoms with Crippen LogP contribution in [0.25, 0.3) is 0 Å². The Hall–Kier alpha value is -1.99. The van der Waals surface area contributed by atoms with Gasteiger partial charge in [-0.3, -0.25) is 9.63 Å². The third kappa shape index (κ3) is 2.25.